The lowest BCUT2D eigenvalue weighted by Gasteiger charge is -2.28. The fourth-order valence-electron chi connectivity index (χ4n) is 1.69. The highest BCUT2D eigenvalue weighted by molar-refractivity contribution is 9.11. The average Bonchev–Trinajstić information content (AvgIpc) is 2.56. The lowest BCUT2D eigenvalue weighted by atomic mass is 9.97. The van der Waals surface area contributed by atoms with Gasteiger partial charge in [-0.25, -0.2) is 0 Å². The Morgan fingerprint density at radius 1 is 1.56 bits per heavy atom. The molecule has 0 amide bonds. The third kappa shape index (κ3) is 3.84. The van der Waals surface area contributed by atoms with Gasteiger partial charge in [0.25, 0.3) is 0 Å². The predicted molar refractivity (Wildman–Crippen MR) is 74.0 cm³/mol. The van der Waals surface area contributed by atoms with Crippen LogP contribution in [0.1, 0.15) is 37.1 Å². The molecule has 1 aromatic rings. The van der Waals surface area contributed by atoms with Crippen molar-refractivity contribution >= 4 is 27.3 Å². The molecule has 0 radical (unpaired) electrons. The van der Waals surface area contributed by atoms with Crippen LogP contribution in [0.5, 0.6) is 0 Å². The minimum Gasteiger partial charge on any atom is -0.394 e. The maximum atomic E-state index is 9.39. The van der Waals surface area contributed by atoms with E-state index in [2.05, 4.69) is 48.1 Å². The Kier molecular flexibility index (Phi) is 5.44. The number of aliphatic hydroxyl groups is 1. The van der Waals surface area contributed by atoms with Crippen molar-refractivity contribution in [3.63, 3.8) is 0 Å². The molecule has 0 saturated carbocycles. The Labute approximate surface area is 110 Å². The van der Waals surface area contributed by atoms with Crippen molar-refractivity contribution in [1.29, 1.82) is 0 Å². The van der Waals surface area contributed by atoms with Gasteiger partial charge in [-0.1, -0.05) is 13.3 Å². The number of hydrogen-bond donors (Lipinski definition) is 2. The summed E-state index contributed by atoms with van der Waals surface area (Å²) in [6, 6.07) is 2.19. The predicted octanol–water partition coefficient (Wildman–Crippen LogP) is 3.46. The standard InChI is InChI=1S/C12H20BrNOS/c1-4-5-12(3,8-15)14-7-10-6-9(2)11(13)16-10/h6,14-15H,4-5,7-8H2,1-3H3. The lowest BCUT2D eigenvalue weighted by molar-refractivity contribution is 0.163. The molecule has 1 rings (SSSR count). The molecule has 1 heterocycles. The average molecular weight is 306 g/mol. The van der Waals surface area contributed by atoms with Crippen molar-refractivity contribution in [3.8, 4) is 0 Å². The maximum absolute atomic E-state index is 9.39. The molecule has 0 spiro atoms. The first-order valence-corrected chi connectivity index (χ1v) is 7.22. The zero-order chi connectivity index (χ0) is 12.2. The van der Waals surface area contributed by atoms with Gasteiger partial charge in [-0.05, 0) is 47.8 Å². The first-order chi connectivity index (χ1) is 7.50. The van der Waals surface area contributed by atoms with Gasteiger partial charge in [0.1, 0.15) is 0 Å². The molecule has 1 unspecified atom stereocenters. The molecule has 0 saturated heterocycles. The lowest BCUT2D eigenvalue weighted by Crippen LogP contribution is -2.44. The second-order valence-electron chi connectivity index (χ2n) is 4.49. The number of aliphatic hydroxyl groups excluding tert-OH is 1. The van der Waals surface area contributed by atoms with Gasteiger partial charge in [0, 0.05) is 17.0 Å². The normalized spacial score (nSPS) is 15.1. The van der Waals surface area contributed by atoms with Crippen molar-refractivity contribution in [2.45, 2.75) is 45.7 Å². The van der Waals surface area contributed by atoms with Gasteiger partial charge in [0.2, 0.25) is 0 Å². The monoisotopic (exact) mass is 305 g/mol. The molecule has 16 heavy (non-hydrogen) atoms. The molecule has 1 aromatic heterocycles. The fourth-order valence-corrected chi connectivity index (χ4v) is 3.25. The Balaban J connectivity index is 2.55. The van der Waals surface area contributed by atoms with E-state index in [4.69, 9.17) is 0 Å². The van der Waals surface area contributed by atoms with Crippen molar-refractivity contribution in [1.82, 2.24) is 5.32 Å². The Morgan fingerprint density at radius 3 is 2.69 bits per heavy atom. The molecule has 2 nitrogen and oxygen atoms in total. The highest BCUT2D eigenvalue weighted by Gasteiger charge is 2.21. The number of rotatable bonds is 6. The third-order valence-electron chi connectivity index (χ3n) is 2.75. The number of aryl methyl sites for hydroxylation is 1. The summed E-state index contributed by atoms with van der Waals surface area (Å²) in [7, 11) is 0. The summed E-state index contributed by atoms with van der Waals surface area (Å²) in [4.78, 5) is 1.31. The summed E-state index contributed by atoms with van der Waals surface area (Å²) >= 11 is 5.28. The van der Waals surface area contributed by atoms with Crippen molar-refractivity contribution < 1.29 is 5.11 Å². The van der Waals surface area contributed by atoms with Gasteiger partial charge in [0.15, 0.2) is 0 Å². The fraction of sp³-hybridized carbons (Fsp3) is 0.667. The van der Waals surface area contributed by atoms with E-state index < -0.39 is 0 Å². The molecular weight excluding hydrogens is 286 g/mol. The Hall–Kier alpha value is 0.1000. The van der Waals surface area contributed by atoms with E-state index in [1.54, 1.807) is 11.3 Å². The number of nitrogens with one attached hydrogen (secondary N) is 1. The summed E-state index contributed by atoms with van der Waals surface area (Å²) in [5.41, 5.74) is 1.13. The SMILES string of the molecule is CCCC(C)(CO)NCc1cc(C)c(Br)s1. The molecule has 0 aliphatic carbocycles. The van der Waals surface area contributed by atoms with Crippen LogP contribution in [0.4, 0.5) is 0 Å². The van der Waals surface area contributed by atoms with Crippen LogP contribution in [0.25, 0.3) is 0 Å². The van der Waals surface area contributed by atoms with Gasteiger partial charge in [-0.15, -0.1) is 11.3 Å². The molecule has 0 bridgehead atoms. The largest absolute Gasteiger partial charge is 0.394 e. The van der Waals surface area contributed by atoms with E-state index >= 15 is 0 Å². The minimum atomic E-state index is -0.154. The molecule has 0 aliphatic rings. The molecule has 0 aromatic carbocycles. The summed E-state index contributed by atoms with van der Waals surface area (Å²) in [6.45, 7) is 7.33. The van der Waals surface area contributed by atoms with Crippen molar-refractivity contribution in [3.05, 3.63) is 20.3 Å². The van der Waals surface area contributed by atoms with Crippen molar-refractivity contribution in [2.24, 2.45) is 0 Å². The van der Waals surface area contributed by atoms with E-state index in [0.717, 1.165) is 19.4 Å². The number of hydrogen-bond acceptors (Lipinski definition) is 3. The minimum absolute atomic E-state index is 0.154. The summed E-state index contributed by atoms with van der Waals surface area (Å²) in [5.74, 6) is 0. The van der Waals surface area contributed by atoms with Crippen molar-refractivity contribution in [2.75, 3.05) is 6.61 Å². The van der Waals surface area contributed by atoms with E-state index in [1.807, 2.05) is 0 Å². The molecule has 4 heteroatoms. The maximum Gasteiger partial charge on any atom is 0.0730 e. The second kappa shape index (κ2) is 6.15. The van der Waals surface area contributed by atoms with Gasteiger partial charge < -0.3 is 10.4 Å². The van der Waals surface area contributed by atoms with Gasteiger partial charge in [-0.3, -0.25) is 0 Å². The zero-order valence-corrected chi connectivity index (χ0v) is 12.5. The second-order valence-corrected chi connectivity index (χ2v) is 6.95. The summed E-state index contributed by atoms with van der Waals surface area (Å²) < 4.78 is 1.20. The Morgan fingerprint density at radius 2 is 2.25 bits per heavy atom. The zero-order valence-electron chi connectivity index (χ0n) is 10.1. The molecule has 1 atom stereocenters. The van der Waals surface area contributed by atoms with Gasteiger partial charge in [0.05, 0.1) is 10.4 Å². The number of thiophene rings is 1. The van der Waals surface area contributed by atoms with Gasteiger partial charge in [-0.2, -0.15) is 0 Å². The van der Waals surface area contributed by atoms with Crippen LogP contribution in [0.15, 0.2) is 9.85 Å². The highest BCUT2D eigenvalue weighted by Crippen LogP contribution is 2.27. The summed E-state index contributed by atoms with van der Waals surface area (Å²) in [5, 5.41) is 12.8. The van der Waals surface area contributed by atoms with E-state index in [0.29, 0.717) is 0 Å². The van der Waals surface area contributed by atoms with E-state index in [-0.39, 0.29) is 12.1 Å². The molecule has 0 aliphatic heterocycles. The first-order valence-electron chi connectivity index (χ1n) is 5.61. The highest BCUT2D eigenvalue weighted by atomic mass is 79.9. The first kappa shape index (κ1) is 14.2. The molecule has 92 valence electrons. The van der Waals surface area contributed by atoms with Crippen LogP contribution in [0, 0.1) is 6.92 Å². The topological polar surface area (TPSA) is 32.3 Å². The summed E-state index contributed by atoms with van der Waals surface area (Å²) in [6.07, 6.45) is 2.08. The third-order valence-corrected chi connectivity index (χ3v) is 4.88. The van der Waals surface area contributed by atoms with Crippen LogP contribution in [0.2, 0.25) is 0 Å². The van der Waals surface area contributed by atoms with Gasteiger partial charge >= 0.3 is 0 Å². The van der Waals surface area contributed by atoms with Crippen LogP contribution in [-0.4, -0.2) is 17.3 Å². The van der Waals surface area contributed by atoms with Crippen LogP contribution < -0.4 is 5.32 Å². The molecule has 2 N–H and O–H groups in total. The number of halogens is 1. The van der Waals surface area contributed by atoms with Crippen LogP contribution in [-0.2, 0) is 6.54 Å². The van der Waals surface area contributed by atoms with Crippen LogP contribution >= 0.6 is 27.3 Å². The smallest absolute Gasteiger partial charge is 0.0730 e. The molecule has 0 fully saturated rings. The Bertz CT molecular complexity index is 320. The van der Waals surface area contributed by atoms with Crippen LogP contribution in [0.3, 0.4) is 0 Å². The van der Waals surface area contributed by atoms with E-state index in [1.165, 1.54) is 14.2 Å². The quantitative estimate of drug-likeness (QED) is 0.843. The molecular formula is C12H20BrNOS. The van der Waals surface area contributed by atoms with E-state index in [9.17, 15) is 5.11 Å².